The van der Waals surface area contributed by atoms with Gasteiger partial charge >= 0.3 is 6.18 Å². The molecule has 1 aromatic heterocycles. The van der Waals surface area contributed by atoms with Crippen molar-refractivity contribution < 1.29 is 13.2 Å². The van der Waals surface area contributed by atoms with Gasteiger partial charge in [-0.15, -0.1) is 0 Å². The SMILES string of the molecule is Cn1cc(-c2cccc(C(F)(F)F)c2)nc1Cl. The lowest BCUT2D eigenvalue weighted by Crippen LogP contribution is -2.04. The summed E-state index contributed by atoms with van der Waals surface area (Å²) < 4.78 is 39.1. The van der Waals surface area contributed by atoms with Crippen LogP contribution < -0.4 is 0 Å². The minimum Gasteiger partial charge on any atom is -0.324 e. The van der Waals surface area contributed by atoms with Crippen LogP contribution in [0.15, 0.2) is 30.5 Å². The molecule has 17 heavy (non-hydrogen) atoms. The van der Waals surface area contributed by atoms with Crippen molar-refractivity contribution in [2.24, 2.45) is 7.05 Å². The molecule has 0 saturated carbocycles. The molecule has 0 spiro atoms. The van der Waals surface area contributed by atoms with Gasteiger partial charge in [0.25, 0.3) is 0 Å². The first-order valence-electron chi connectivity index (χ1n) is 4.74. The molecule has 0 aliphatic rings. The van der Waals surface area contributed by atoms with Gasteiger partial charge < -0.3 is 4.57 Å². The van der Waals surface area contributed by atoms with Gasteiger partial charge in [-0.2, -0.15) is 13.2 Å². The summed E-state index contributed by atoms with van der Waals surface area (Å²) in [6.45, 7) is 0. The Bertz CT molecular complexity index is 526. The molecular weight excluding hydrogens is 253 g/mol. The number of hydrogen-bond acceptors (Lipinski definition) is 1. The maximum Gasteiger partial charge on any atom is 0.416 e. The van der Waals surface area contributed by atoms with E-state index in [1.54, 1.807) is 19.3 Å². The average molecular weight is 261 g/mol. The lowest BCUT2D eigenvalue weighted by molar-refractivity contribution is -0.137. The van der Waals surface area contributed by atoms with Crippen LogP contribution in [0.4, 0.5) is 13.2 Å². The van der Waals surface area contributed by atoms with E-state index in [2.05, 4.69) is 4.98 Å². The fourth-order valence-electron chi connectivity index (χ4n) is 1.44. The van der Waals surface area contributed by atoms with Crippen LogP contribution in [-0.2, 0) is 13.2 Å². The number of aryl methyl sites for hydroxylation is 1. The molecule has 0 atom stereocenters. The predicted molar refractivity (Wildman–Crippen MR) is 58.7 cm³/mol. The van der Waals surface area contributed by atoms with Crippen molar-refractivity contribution >= 4 is 11.6 Å². The number of halogens is 4. The average Bonchev–Trinajstić information content (AvgIpc) is 2.58. The van der Waals surface area contributed by atoms with Gasteiger partial charge in [0.2, 0.25) is 5.28 Å². The molecule has 2 aromatic rings. The molecule has 1 aromatic carbocycles. The van der Waals surface area contributed by atoms with E-state index in [1.165, 1.54) is 10.6 Å². The largest absolute Gasteiger partial charge is 0.416 e. The zero-order valence-corrected chi connectivity index (χ0v) is 9.55. The van der Waals surface area contributed by atoms with E-state index in [-0.39, 0.29) is 5.28 Å². The smallest absolute Gasteiger partial charge is 0.324 e. The molecule has 2 nitrogen and oxygen atoms in total. The highest BCUT2D eigenvalue weighted by molar-refractivity contribution is 6.28. The van der Waals surface area contributed by atoms with E-state index in [0.717, 1.165) is 12.1 Å². The summed E-state index contributed by atoms with van der Waals surface area (Å²) in [7, 11) is 1.67. The molecule has 0 N–H and O–H groups in total. The Morgan fingerprint density at radius 3 is 2.53 bits per heavy atom. The van der Waals surface area contributed by atoms with Crippen molar-refractivity contribution in [3.8, 4) is 11.3 Å². The van der Waals surface area contributed by atoms with E-state index in [0.29, 0.717) is 11.3 Å². The summed E-state index contributed by atoms with van der Waals surface area (Å²) in [5.41, 5.74) is 0.114. The zero-order valence-electron chi connectivity index (χ0n) is 8.79. The molecule has 1 heterocycles. The van der Waals surface area contributed by atoms with Crippen molar-refractivity contribution in [3.05, 3.63) is 41.3 Å². The summed E-state index contributed by atoms with van der Waals surface area (Å²) in [6.07, 6.45) is -2.77. The molecule has 0 unspecified atom stereocenters. The van der Waals surface area contributed by atoms with Gasteiger partial charge in [0, 0.05) is 18.8 Å². The molecule has 0 saturated heterocycles. The van der Waals surface area contributed by atoms with Crippen molar-refractivity contribution in [2.45, 2.75) is 6.18 Å². The number of hydrogen-bond donors (Lipinski definition) is 0. The first-order valence-corrected chi connectivity index (χ1v) is 5.12. The maximum absolute atomic E-state index is 12.5. The zero-order chi connectivity index (χ0) is 12.6. The van der Waals surface area contributed by atoms with Gasteiger partial charge in [-0.3, -0.25) is 0 Å². The predicted octanol–water partition coefficient (Wildman–Crippen LogP) is 3.76. The Morgan fingerprint density at radius 2 is 2.00 bits per heavy atom. The normalized spacial score (nSPS) is 11.8. The first kappa shape index (κ1) is 12.0. The number of aromatic nitrogens is 2. The van der Waals surface area contributed by atoms with Crippen LogP contribution in [0.25, 0.3) is 11.3 Å². The molecule has 0 radical (unpaired) electrons. The Morgan fingerprint density at radius 1 is 1.29 bits per heavy atom. The Hall–Kier alpha value is -1.49. The van der Waals surface area contributed by atoms with Gasteiger partial charge in [-0.25, -0.2) is 4.98 Å². The molecule has 90 valence electrons. The van der Waals surface area contributed by atoms with Gasteiger partial charge in [-0.1, -0.05) is 12.1 Å². The summed E-state index contributed by atoms with van der Waals surface area (Å²) in [4.78, 5) is 3.96. The fourth-order valence-corrected chi connectivity index (χ4v) is 1.58. The van der Waals surface area contributed by atoms with Crippen molar-refractivity contribution in [3.63, 3.8) is 0 Å². The van der Waals surface area contributed by atoms with E-state index in [9.17, 15) is 13.2 Å². The highest BCUT2D eigenvalue weighted by Gasteiger charge is 2.30. The maximum atomic E-state index is 12.5. The fraction of sp³-hybridized carbons (Fsp3) is 0.182. The van der Waals surface area contributed by atoms with Gasteiger partial charge in [0.15, 0.2) is 0 Å². The van der Waals surface area contributed by atoms with E-state index >= 15 is 0 Å². The van der Waals surface area contributed by atoms with Gasteiger partial charge in [0.05, 0.1) is 11.3 Å². The molecule has 2 rings (SSSR count). The third-order valence-electron chi connectivity index (χ3n) is 2.31. The number of nitrogens with zero attached hydrogens (tertiary/aromatic N) is 2. The number of alkyl halides is 3. The number of rotatable bonds is 1. The van der Waals surface area contributed by atoms with Crippen LogP contribution in [0, 0.1) is 0 Å². The molecule has 0 amide bonds. The van der Waals surface area contributed by atoms with Crippen molar-refractivity contribution in [2.75, 3.05) is 0 Å². The van der Waals surface area contributed by atoms with Crippen LogP contribution in [0.5, 0.6) is 0 Å². The molecule has 0 fully saturated rings. The molecule has 0 aliphatic heterocycles. The van der Waals surface area contributed by atoms with Crippen LogP contribution in [0.3, 0.4) is 0 Å². The Balaban J connectivity index is 2.47. The minimum atomic E-state index is -4.35. The highest BCUT2D eigenvalue weighted by atomic mass is 35.5. The molecular formula is C11H8ClF3N2. The van der Waals surface area contributed by atoms with E-state index in [1.807, 2.05) is 0 Å². The second-order valence-electron chi connectivity index (χ2n) is 3.58. The summed E-state index contributed by atoms with van der Waals surface area (Å²) in [5, 5.41) is 0.234. The lowest BCUT2D eigenvalue weighted by Gasteiger charge is -2.07. The van der Waals surface area contributed by atoms with Crippen LogP contribution >= 0.6 is 11.6 Å². The summed E-state index contributed by atoms with van der Waals surface area (Å²) >= 11 is 5.74. The van der Waals surface area contributed by atoms with E-state index in [4.69, 9.17) is 11.6 Å². The second-order valence-corrected chi connectivity index (χ2v) is 3.92. The van der Waals surface area contributed by atoms with Crippen LogP contribution in [-0.4, -0.2) is 9.55 Å². The standard InChI is InChI=1S/C11H8ClF3N2/c1-17-6-9(16-10(17)12)7-3-2-4-8(5-7)11(13,14)15/h2-6H,1H3. The van der Waals surface area contributed by atoms with Crippen LogP contribution in [0.1, 0.15) is 5.56 Å². The molecule has 0 bridgehead atoms. The first-order chi connectivity index (χ1) is 7.88. The van der Waals surface area contributed by atoms with Gasteiger partial charge in [-0.05, 0) is 23.7 Å². The summed E-state index contributed by atoms with van der Waals surface area (Å²) in [6, 6.07) is 4.99. The second kappa shape index (κ2) is 4.07. The monoisotopic (exact) mass is 260 g/mol. The molecule has 6 heteroatoms. The number of benzene rings is 1. The Labute approximate surface area is 101 Å². The third kappa shape index (κ3) is 2.44. The third-order valence-corrected chi connectivity index (χ3v) is 2.66. The van der Waals surface area contributed by atoms with Crippen LogP contribution in [0.2, 0.25) is 5.28 Å². The number of imidazole rings is 1. The summed E-state index contributed by atoms with van der Waals surface area (Å²) in [5.74, 6) is 0. The topological polar surface area (TPSA) is 17.8 Å². The highest BCUT2D eigenvalue weighted by Crippen LogP contribution is 2.32. The minimum absolute atomic E-state index is 0.234. The van der Waals surface area contributed by atoms with E-state index < -0.39 is 11.7 Å². The molecule has 0 aliphatic carbocycles. The van der Waals surface area contributed by atoms with Crippen molar-refractivity contribution in [1.82, 2.24) is 9.55 Å². The quantitative estimate of drug-likeness (QED) is 0.763. The van der Waals surface area contributed by atoms with Gasteiger partial charge in [0.1, 0.15) is 0 Å². The Kier molecular flexibility index (Phi) is 2.87. The lowest BCUT2D eigenvalue weighted by atomic mass is 10.1. The van der Waals surface area contributed by atoms with Crippen molar-refractivity contribution in [1.29, 1.82) is 0 Å².